The fourth-order valence-corrected chi connectivity index (χ4v) is 1.47. The van der Waals surface area contributed by atoms with Crippen LogP contribution in [0.2, 0.25) is 0 Å². The largest absolute Gasteiger partial charge is 0.308 e. The van der Waals surface area contributed by atoms with Gasteiger partial charge in [0.05, 0.1) is 12.3 Å². The van der Waals surface area contributed by atoms with Crippen LogP contribution in [0.3, 0.4) is 0 Å². The van der Waals surface area contributed by atoms with Gasteiger partial charge >= 0.3 is 0 Å². The van der Waals surface area contributed by atoms with Crippen LogP contribution in [0.5, 0.6) is 0 Å². The van der Waals surface area contributed by atoms with Crippen molar-refractivity contribution in [3.63, 3.8) is 0 Å². The lowest BCUT2D eigenvalue weighted by Crippen LogP contribution is -2.22. The van der Waals surface area contributed by atoms with Gasteiger partial charge in [0.2, 0.25) is 5.91 Å². The molecule has 1 rings (SSSR count). The zero-order valence-corrected chi connectivity index (χ0v) is 8.15. The fourth-order valence-electron chi connectivity index (χ4n) is 0.762. The minimum Gasteiger partial charge on any atom is -0.308 e. The summed E-state index contributed by atoms with van der Waals surface area (Å²) in [4.78, 5) is 17.0. The van der Waals surface area contributed by atoms with Gasteiger partial charge in [0.15, 0.2) is 5.17 Å². The van der Waals surface area contributed by atoms with Crippen LogP contribution in [-0.2, 0) is 4.79 Å². The number of thioether (sulfide) groups is 1. The first-order chi connectivity index (χ1) is 5.68. The third-order valence-corrected chi connectivity index (χ3v) is 2.30. The lowest BCUT2D eigenvalue weighted by atomic mass is 10.6. The number of amidine groups is 1. The summed E-state index contributed by atoms with van der Waals surface area (Å²) in [5, 5.41) is 3.45. The molecule has 0 aliphatic carbocycles. The third kappa shape index (κ3) is 3.23. The number of carbonyl (C=O) groups is 1. The Bertz CT molecular complexity index is 203. The van der Waals surface area contributed by atoms with Crippen LogP contribution >= 0.6 is 11.8 Å². The molecule has 68 valence electrons. The van der Waals surface area contributed by atoms with Crippen molar-refractivity contribution in [2.45, 2.75) is 0 Å². The molecule has 0 bridgehead atoms. The molecule has 0 aromatic carbocycles. The second-order valence-electron chi connectivity index (χ2n) is 2.83. The zero-order valence-electron chi connectivity index (χ0n) is 7.33. The van der Waals surface area contributed by atoms with E-state index in [-0.39, 0.29) is 5.91 Å². The number of hydrogen-bond acceptors (Lipinski definition) is 4. The number of carbonyl (C=O) groups excluding carboxylic acids is 1. The lowest BCUT2D eigenvalue weighted by Gasteiger charge is -2.05. The van der Waals surface area contributed by atoms with E-state index >= 15 is 0 Å². The molecule has 0 atom stereocenters. The summed E-state index contributed by atoms with van der Waals surface area (Å²) in [7, 11) is 4.00. The summed E-state index contributed by atoms with van der Waals surface area (Å²) < 4.78 is 0. The van der Waals surface area contributed by atoms with Crippen molar-refractivity contribution in [2.75, 3.05) is 32.9 Å². The Morgan fingerprint density at radius 3 is 2.92 bits per heavy atom. The number of aliphatic imine (C=N–C) groups is 1. The number of nitrogens with one attached hydrogen (secondary N) is 1. The number of rotatable bonds is 3. The van der Waals surface area contributed by atoms with E-state index in [9.17, 15) is 4.79 Å². The molecule has 1 aliphatic rings. The molecule has 0 spiro atoms. The van der Waals surface area contributed by atoms with E-state index in [1.165, 1.54) is 11.8 Å². The molecule has 5 heteroatoms. The third-order valence-electron chi connectivity index (χ3n) is 1.39. The van der Waals surface area contributed by atoms with Gasteiger partial charge in [-0.2, -0.15) is 0 Å². The van der Waals surface area contributed by atoms with Crippen molar-refractivity contribution in [1.82, 2.24) is 10.2 Å². The molecule has 0 radical (unpaired) electrons. The van der Waals surface area contributed by atoms with Crippen LogP contribution < -0.4 is 5.32 Å². The van der Waals surface area contributed by atoms with Gasteiger partial charge in [-0.3, -0.25) is 9.79 Å². The number of nitrogens with zero attached hydrogens (tertiary/aromatic N) is 2. The summed E-state index contributed by atoms with van der Waals surface area (Å²) in [5.74, 6) is 0.574. The molecule has 4 nitrogen and oxygen atoms in total. The highest BCUT2D eigenvalue weighted by atomic mass is 32.2. The number of amides is 1. The van der Waals surface area contributed by atoms with E-state index in [1.54, 1.807) is 0 Å². The summed E-state index contributed by atoms with van der Waals surface area (Å²) in [6.45, 7) is 1.66. The summed E-state index contributed by atoms with van der Waals surface area (Å²) in [6, 6.07) is 0. The maximum absolute atomic E-state index is 10.7. The van der Waals surface area contributed by atoms with Crippen molar-refractivity contribution in [1.29, 1.82) is 0 Å². The first kappa shape index (κ1) is 9.54. The first-order valence-electron chi connectivity index (χ1n) is 3.80. The van der Waals surface area contributed by atoms with Crippen LogP contribution in [0.1, 0.15) is 0 Å². The molecule has 0 unspecified atom stereocenters. The Balaban J connectivity index is 2.24. The van der Waals surface area contributed by atoms with Gasteiger partial charge in [-0.1, -0.05) is 11.8 Å². The molecule has 1 amide bonds. The van der Waals surface area contributed by atoms with Gasteiger partial charge < -0.3 is 10.2 Å². The van der Waals surface area contributed by atoms with Gasteiger partial charge in [-0.05, 0) is 14.1 Å². The first-order valence-corrected chi connectivity index (χ1v) is 4.79. The standard InChI is InChI=1S/C7H13N3OS/c1-10(2)4-3-8-7-9-6(11)5-12-7/h3-5H2,1-2H3,(H,8,9,11). The molecular weight excluding hydrogens is 174 g/mol. The Morgan fingerprint density at radius 1 is 1.67 bits per heavy atom. The molecule has 0 aromatic heterocycles. The molecule has 1 heterocycles. The van der Waals surface area contributed by atoms with Crippen LogP contribution in [0, 0.1) is 0 Å². The van der Waals surface area contributed by atoms with E-state index in [0.717, 1.165) is 18.3 Å². The van der Waals surface area contributed by atoms with E-state index < -0.39 is 0 Å². The summed E-state index contributed by atoms with van der Waals surface area (Å²) in [6.07, 6.45) is 0. The smallest absolute Gasteiger partial charge is 0.236 e. The van der Waals surface area contributed by atoms with Gasteiger partial charge in [0.25, 0.3) is 0 Å². The van der Waals surface area contributed by atoms with E-state index in [0.29, 0.717) is 5.75 Å². The predicted octanol–water partition coefficient (Wildman–Crippen LogP) is -0.233. The number of likely N-dealkylation sites (N-methyl/N-ethyl adjacent to an activating group) is 1. The van der Waals surface area contributed by atoms with Crippen LogP contribution in [0.15, 0.2) is 4.99 Å². The summed E-state index contributed by atoms with van der Waals surface area (Å²) in [5.41, 5.74) is 0. The highest BCUT2D eigenvalue weighted by Crippen LogP contribution is 2.07. The van der Waals surface area contributed by atoms with Gasteiger partial charge in [-0.25, -0.2) is 0 Å². The second kappa shape index (κ2) is 4.47. The van der Waals surface area contributed by atoms with E-state index in [2.05, 4.69) is 15.2 Å². The van der Waals surface area contributed by atoms with E-state index in [4.69, 9.17) is 0 Å². The minimum atomic E-state index is 0.0589. The zero-order chi connectivity index (χ0) is 8.97. The molecule has 1 aliphatic heterocycles. The summed E-state index contributed by atoms with van der Waals surface area (Å²) >= 11 is 1.47. The predicted molar refractivity (Wildman–Crippen MR) is 51.5 cm³/mol. The van der Waals surface area contributed by atoms with Crippen LogP contribution in [0.25, 0.3) is 0 Å². The van der Waals surface area contributed by atoms with E-state index in [1.807, 2.05) is 14.1 Å². The molecule has 12 heavy (non-hydrogen) atoms. The molecule has 1 N–H and O–H groups in total. The normalized spacial score (nSPS) is 20.6. The molecule has 0 saturated carbocycles. The van der Waals surface area contributed by atoms with Crippen molar-refractivity contribution in [3.8, 4) is 0 Å². The van der Waals surface area contributed by atoms with Crippen molar-refractivity contribution in [2.24, 2.45) is 4.99 Å². The van der Waals surface area contributed by atoms with Gasteiger partial charge in [0.1, 0.15) is 0 Å². The fraction of sp³-hybridized carbons (Fsp3) is 0.714. The quantitative estimate of drug-likeness (QED) is 0.663. The average Bonchev–Trinajstić information content (AvgIpc) is 2.35. The van der Waals surface area contributed by atoms with Gasteiger partial charge in [-0.15, -0.1) is 0 Å². The maximum atomic E-state index is 10.7. The molecular formula is C7H13N3OS. The van der Waals surface area contributed by atoms with Crippen molar-refractivity contribution in [3.05, 3.63) is 0 Å². The maximum Gasteiger partial charge on any atom is 0.236 e. The van der Waals surface area contributed by atoms with Crippen molar-refractivity contribution < 1.29 is 4.79 Å². The van der Waals surface area contributed by atoms with Crippen LogP contribution in [0.4, 0.5) is 0 Å². The Hall–Kier alpha value is -0.550. The molecule has 1 fully saturated rings. The highest BCUT2D eigenvalue weighted by molar-refractivity contribution is 8.15. The van der Waals surface area contributed by atoms with Crippen molar-refractivity contribution >= 4 is 22.8 Å². The lowest BCUT2D eigenvalue weighted by molar-refractivity contribution is -0.116. The van der Waals surface area contributed by atoms with Crippen LogP contribution in [-0.4, -0.2) is 48.9 Å². The highest BCUT2D eigenvalue weighted by Gasteiger charge is 2.15. The monoisotopic (exact) mass is 187 g/mol. The SMILES string of the molecule is CN(C)CCN=C1NC(=O)CS1. The second-order valence-corrected chi connectivity index (χ2v) is 3.79. The Labute approximate surface area is 76.4 Å². The topological polar surface area (TPSA) is 44.7 Å². The minimum absolute atomic E-state index is 0.0589. The van der Waals surface area contributed by atoms with Gasteiger partial charge in [0, 0.05) is 6.54 Å². The Morgan fingerprint density at radius 2 is 2.42 bits per heavy atom. The molecule has 0 aromatic rings. The molecule has 1 saturated heterocycles. The average molecular weight is 187 g/mol. The Kier molecular flexibility index (Phi) is 3.55. The number of hydrogen-bond donors (Lipinski definition) is 1.